The highest BCUT2D eigenvalue weighted by Gasteiger charge is 2.41. The lowest BCUT2D eigenvalue weighted by molar-refractivity contribution is -0.143. The summed E-state index contributed by atoms with van der Waals surface area (Å²) >= 11 is 0. The molecular formula is C28H41N3O4. The van der Waals surface area contributed by atoms with Crippen LogP contribution in [0.2, 0.25) is 0 Å². The third kappa shape index (κ3) is 5.96. The van der Waals surface area contributed by atoms with Crippen LogP contribution in [-0.4, -0.2) is 52.8 Å². The lowest BCUT2D eigenvalue weighted by atomic mass is 9.73. The Morgan fingerprint density at radius 3 is 2.69 bits per heavy atom. The highest BCUT2D eigenvalue weighted by atomic mass is 16.5. The number of pyridine rings is 1. The molecular weight excluding hydrogens is 442 g/mol. The number of aliphatic hydroxyl groups is 1. The molecule has 1 saturated carbocycles. The quantitative estimate of drug-likeness (QED) is 0.346. The molecule has 2 aromatic rings. The maximum absolute atomic E-state index is 12.8. The number of rotatable bonds is 9. The van der Waals surface area contributed by atoms with Crippen molar-refractivity contribution in [3.8, 4) is 5.75 Å². The number of benzene rings is 1. The van der Waals surface area contributed by atoms with Crippen molar-refractivity contribution in [2.45, 2.75) is 77.2 Å². The summed E-state index contributed by atoms with van der Waals surface area (Å²) in [6, 6.07) is 5.67. The van der Waals surface area contributed by atoms with E-state index in [2.05, 4.69) is 9.88 Å². The number of nitrogens with one attached hydrogen (secondary N) is 1. The molecule has 1 aromatic carbocycles. The van der Waals surface area contributed by atoms with Gasteiger partial charge in [0.15, 0.2) is 0 Å². The van der Waals surface area contributed by atoms with Gasteiger partial charge in [-0.15, -0.1) is 0 Å². The highest BCUT2D eigenvalue weighted by molar-refractivity contribution is 5.85. The van der Waals surface area contributed by atoms with Gasteiger partial charge in [0.1, 0.15) is 5.75 Å². The minimum absolute atomic E-state index is 0.324. The zero-order valence-corrected chi connectivity index (χ0v) is 21.3. The van der Waals surface area contributed by atoms with Crippen LogP contribution in [0.25, 0.3) is 10.9 Å². The predicted octanol–water partition coefficient (Wildman–Crippen LogP) is 4.92. The molecule has 1 aliphatic heterocycles. The number of methoxy groups -OCH3 is 1. The Labute approximate surface area is 208 Å². The van der Waals surface area contributed by atoms with E-state index in [1.165, 1.54) is 38.5 Å². The molecule has 192 valence electrons. The van der Waals surface area contributed by atoms with Gasteiger partial charge >= 0.3 is 0 Å². The maximum Gasteiger partial charge on any atom is 0.249 e. The van der Waals surface area contributed by atoms with Gasteiger partial charge in [0, 0.05) is 11.6 Å². The van der Waals surface area contributed by atoms with E-state index in [4.69, 9.17) is 4.74 Å². The van der Waals surface area contributed by atoms with Crippen LogP contribution in [0.5, 0.6) is 5.75 Å². The van der Waals surface area contributed by atoms with E-state index >= 15 is 0 Å². The fraction of sp³-hybridized carbons (Fsp3) is 0.643. The zero-order chi connectivity index (χ0) is 24.8. The molecule has 2 aliphatic rings. The van der Waals surface area contributed by atoms with Gasteiger partial charge in [-0.1, -0.05) is 32.1 Å². The summed E-state index contributed by atoms with van der Waals surface area (Å²) < 4.78 is 5.39. The van der Waals surface area contributed by atoms with Gasteiger partial charge in [-0.2, -0.15) is 0 Å². The van der Waals surface area contributed by atoms with Gasteiger partial charge in [0.2, 0.25) is 5.91 Å². The van der Waals surface area contributed by atoms with E-state index < -0.39 is 11.5 Å². The molecule has 35 heavy (non-hydrogen) atoms. The first-order chi connectivity index (χ1) is 17.0. The normalized spacial score (nSPS) is 20.0. The lowest BCUT2D eigenvalue weighted by Gasteiger charge is -2.41. The lowest BCUT2D eigenvalue weighted by Crippen LogP contribution is -2.48. The van der Waals surface area contributed by atoms with Crippen LogP contribution in [0.1, 0.15) is 81.4 Å². The molecule has 2 fully saturated rings. The molecule has 0 unspecified atom stereocenters. The number of piperidine rings is 1. The summed E-state index contributed by atoms with van der Waals surface area (Å²) in [5.41, 5.74) is 3.82. The highest BCUT2D eigenvalue weighted by Crippen LogP contribution is 2.40. The van der Waals surface area contributed by atoms with Gasteiger partial charge in [0.05, 0.1) is 24.1 Å². The number of aryl methyl sites for hydroxylation is 1. The monoisotopic (exact) mass is 483 g/mol. The molecule has 1 aliphatic carbocycles. The number of carbonyl (C=O) groups is 1. The zero-order valence-electron chi connectivity index (χ0n) is 21.3. The Hall–Kier alpha value is -2.22. The molecule has 0 radical (unpaired) electrons. The molecule has 1 aromatic heterocycles. The van der Waals surface area contributed by atoms with Crippen molar-refractivity contribution in [3.63, 3.8) is 0 Å². The first kappa shape index (κ1) is 25.9. The van der Waals surface area contributed by atoms with Crippen molar-refractivity contribution in [3.05, 3.63) is 35.5 Å². The number of hydrogen-bond acceptors (Lipinski definition) is 6. The van der Waals surface area contributed by atoms with E-state index in [1.54, 1.807) is 13.3 Å². The number of amides is 1. The summed E-state index contributed by atoms with van der Waals surface area (Å²) in [6.07, 6.45) is 11.5. The summed E-state index contributed by atoms with van der Waals surface area (Å²) in [5.74, 6) is 1.24. The van der Waals surface area contributed by atoms with Crippen molar-refractivity contribution < 1.29 is 19.8 Å². The number of hydrogen-bond donors (Lipinski definition) is 3. The van der Waals surface area contributed by atoms with E-state index in [-0.39, 0.29) is 5.91 Å². The van der Waals surface area contributed by atoms with Crippen LogP contribution >= 0.6 is 0 Å². The number of nitrogens with zero attached hydrogens (tertiary/aromatic N) is 2. The van der Waals surface area contributed by atoms with E-state index in [0.717, 1.165) is 53.3 Å². The Morgan fingerprint density at radius 1 is 1.26 bits per heavy atom. The van der Waals surface area contributed by atoms with Crippen LogP contribution < -0.4 is 10.2 Å². The summed E-state index contributed by atoms with van der Waals surface area (Å²) in [6.45, 7) is 4.74. The minimum atomic E-state index is -0.736. The third-order valence-electron chi connectivity index (χ3n) is 8.52. The molecule has 1 amide bonds. The fourth-order valence-corrected chi connectivity index (χ4v) is 6.17. The van der Waals surface area contributed by atoms with Crippen molar-refractivity contribution in [2.75, 3.05) is 26.7 Å². The van der Waals surface area contributed by atoms with Gasteiger partial charge in [0.25, 0.3) is 0 Å². The van der Waals surface area contributed by atoms with E-state index in [9.17, 15) is 15.1 Å². The second kappa shape index (κ2) is 11.7. The van der Waals surface area contributed by atoms with Gasteiger partial charge in [-0.25, -0.2) is 5.48 Å². The maximum atomic E-state index is 12.8. The largest absolute Gasteiger partial charge is 0.497 e. The van der Waals surface area contributed by atoms with Crippen LogP contribution in [-0.2, 0) is 4.79 Å². The van der Waals surface area contributed by atoms with Crippen molar-refractivity contribution >= 4 is 16.8 Å². The van der Waals surface area contributed by atoms with Crippen molar-refractivity contribution in [1.82, 2.24) is 15.4 Å². The van der Waals surface area contributed by atoms with Gasteiger partial charge in [-0.05, 0) is 93.9 Å². The standard InChI is InChI=1S/C28H41N3O4/c1-20-19-29-24-9-8-22(35-2)18-23(24)26(20)25(32)10-12-28(27(33)30-34)13-16-31(17-14-28)15-11-21-6-4-3-5-7-21/h8-9,18-19,21,25,32,34H,3-7,10-17H2,1-2H3,(H,30,33)/t25-/m1/s1. The molecule has 3 N–H and O–H groups in total. The van der Waals surface area contributed by atoms with Crippen LogP contribution in [0.3, 0.4) is 0 Å². The first-order valence-corrected chi connectivity index (χ1v) is 13.2. The summed E-state index contributed by atoms with van der Waals surface area (Å²) in [5, 5.41) is 21.7. The molecule has 1 atom stereocenters. The average Bonchev–Trinajstić information content (AvgIpc) is 2.90. The van der Waals surface area contributed by atoms with Crippen molar-refractivity contribution in [1.29, 1.82) is 0 Å². The Balaban J connectivity index is 1.42. The van der Waals surface area contributed by atoms with Crippen LogP contribution in [0, 0.1) is 18.3 Å². The van der Waals surface area contributed by atoms with Gasteiger partial charge < -0.3 is 14.7 Å². The second-order valence-electron chi connectivity index (χ2n) is 10.6. The third-order valence-corrected chi connectivity index (χ3v) is 8.52. The number of aliphatic hydroxyl groups excluding tert-OH is 1. The first-order valence-electron chi connectivity index (χ1n) is 13.2. The van der Waals surface area contributed by atoms with Gasteiger partial charge in [-0.3, -0.25) is 15.0 Å². The SMILES string of the molecule is COc1ccc2ncc(C)c([C@H](O)CCC3(C(=O)NO)CCN(CCC4CCCCC4)CC3)c2c1. The van der Waals surface area contributed by atoms with E-state index in [0.29, 0.717) is 25.7 Å². The number of hydroxylamine groups is 1. The number of likely N-dealkylation sites (tertiary alicyclic amines) is 1. The Bertz CT molecular complexity index is 997. The Kier molecular flexibility index (Phi) is 8.63. The molecule has 7 heteroatoms. The molecule has 4 rings (SSSR count). The van der Waals surface area contributed by atoms with E-state index in [1.807, 2.05) is 30.6 Å². The van der Waals surface area contributed by atoms with Crippen molar-refractivity contribution in [2.24, 2.45) is 11.3 Å². The molecule has 2 heterocycles. The topological polar surface area (TPSA) is 94.9 Å². The number of carbonyl (C=O) groups excluding carboxylic acids is 1. The molecule has 0 bridgehead atoms. The number of ether oxygens (including phenoxy) is 1. The molecule has 0 spiro atoms. The van der Waals surface area contributed by atoms with Crippen LogP contribution in [0.15, 0.2) is 24.4 Å². The minimum Gasteiger partial charge on any atom is -0.497 e. The summed E-state index contributed by atoms with van der Waals surface area (Å²) in [7, 11) is 1.62. The predicted molar refractivity (Wildman–Crippen MR) is 136 cm³/mol. The average molecular weight is 484 g/mol. The summed E-state index contributed by atoms with van der Waals surface area (Å²) in [4.78, 5) is 19.8. The molecule has 1 saturated heterocycles. The fourth-order valence-electron chi connectivity index (χ4n) is 6.17. The second-order valence-corrected chi connectivity index (χ2v) is 10.6. The Morgan fingerprint density at radius 2 is 2.00 bits per heavy atom. The van der Waals surface area contributed by atoms with Crippen LogP contribution in [0.4, 0.5) is 0 Å². The number of aromatic nitrogens is 1. The smallest absolute Gasteiger partial charge is 0.249 e. The molecule has 7 nitrogen and oxygen atoms in total. The number of fused-ring (bicyclic) bond motifs is 1.